The second-order valence-corrected chi connectivity index (χ2v) is 7.15. The summed E-state index contributed by atoms with van der Waals surface area (Å²) in [6.45, 7) is 2.71. The first kappa shape index (κ1) is 23.4. The second kappa shape index (κ2) is 11.4. The first-order valence-electron chi connectivity index (χ1n) is 10.5. The number of carbonyl (C=O) groups is 2. The van der Waals surface area contributed by atoms with E-state index in [1.165, 1.54) is 42.5 Å². The molecule has 0 unspecified atom stereocenters. The van der Waals surface area contributed by atoms with E-state index >= 15 is 0 Å². The van der Waals surface area contributed by atoms with Gasteiger partial charge < -0.3 is 9.47 Å². The number of hydrogen-bond acceptors (Lipinski definition) is 6. The highest BCUT2D eigenvalue weighted by molar-refractivity contribution is 6.07. The number of nitrogens with zero attached hydrogens (tertiary/aromatic N) is 1. The Bertz CT molecular complexity index is 1150. The number of nitro benzene ring substituents is 1. The van der Waals surface area contributed by atoms with Gasteiger partial charge in [0, 0.05) is 11.6 Å². The number of ether oxygens (including phenoxy) is 2. The first-order chi connectivity index (χ1) is 16.0. The zero-order chi connectivity index (χ0) is 23.6. The van der Waals surface area contributed by atoms with Gasteiger partial charge in [0.1, 0.15) is 11.5 Å². The molecule has 0 spiro atoms. The van der Waals surface area contributed by atoms with Crippen LogP contribution in [-0.2, 0) is 0 Å². The van der Waals surface area contributed by atoms with Crippen molar-refractivity contribution in [2.75, 3.05) is 6.61 Å². The molecule has 168 valence electrons. The number of hydrogen-bond donors (Lipinski definition) is 0. The molecule has 0 aliphatic heterocycles. The molecule has 0 aliphatic rings. The fourth-order valence-electron chi connectivity index (χ4n) is 2.93. The standard InChI is InChI=1S/C26H23NO6/c1-2-3-18-32-22-13-10-21(11-14-22)26(29)33-23-15-8-20(9-16-23)25(28)17-12-19-6-4-5-7-24(19)27(30)31/h4-17H,2-3,18H2,1H3/b17-12+. The Hall–Kier alpha value is -4.26. The molecule has 3 aromatic rings. The third-order valence-corrected chi connectivity index (χ3v) is 4.75. The molecule has 3 rings (SSSR count). The van der Waals surface area contributed by atoms with Crippen molar-refractivity contribution in [1.82, 2.24) is 0 Å². The van der Waals surface area contributed by atoms with Crippen LogP contribution in [0.2, 0.25) is 0 Å². The molecule has 7 nitrogen and oxygen atoms in total. The summed E-state index contributed by atoms with van der Waals surface area (Å²) < 4.78 is 10.9. The van der Waals surface area contributed by atoms with Crippen LogP contribution in [0.15, 0.2) is 78.9 Å². The van der Waals surface area contributed by atoms with Crippen LogP contribution in [0.3, 0.4) is 0 Å². The SMILES string of the molecule is CCCCOc1ccc(C(=O)Oc2ccc(C(=O)/C=C/c3ccccc3[N+](=O)[O-])cc2)cc1. The molecule has 0 aromatic heterocycles. The Balaban J connectivity index is 1.60. The lowest BCUT2D eigenvalue weighted by molar-refractivity contribution is -0.385. The molecule has 0 saturated carbocycles. The van der Waals surface area contributed by atoms with Crippen LogP contribution in [-0.4, -0.2) is 23.3 Å². The van der Waals surface area contributed by atoms with Gasteiger partial charge in [0.15, 0.2) is 5.78 Å². The lowest BCUT2D eigenvalue weighted by Crippen LogP contribution is -2.08. The number of benzene rings is 3. The number of esters is 1. The zero-order valence-corrected chi connectivity index (χ0v) is 18.1. The quantitative estimate of drug-likeness (QED) is 0.0734. The van der Waals surface area contributed by atoms with Crippen LogP contribution in [0.25, 0.3) is 6.08 Å². The minimum Gasteiger partial charge on any atom is -0.494 e. The van der Waals surface area contributed by atoms with Crippen molar-refractivity contribution in [3.63, 3.8) is 0 Å². The highest BCUT2D eigenvalue weighted by Crippen LogP contribution is 2.20. The van der Waals surface area contributed by atoms with E-state index < -0.39 is 10.9 Å². The van der Waals surface area contributed by atoms with E-state index in [-0.39, 0.29) is 11.5 Å². The highest BCUT2D eigenvalue weighted by Gasteiger charge is 2.12. The average molecular weight is 445 g/mol. The van der Waals surface area contributed by atoms with Crippen LogP contribution in [0.4, 0.5) is 5.69 Å². The lowest BCUT2D eigenvalue weighted by atomic mass is 10.1. The maximum atomic E-state index is 12.4. The third-order valence-electron chi connectivity index (χ3n) is 4.75. The summed E-state index contributed by atoms with van der Waals surface area (Å²) >= 11 is 0. The van der Waals surface area contributed by atoms with E-state index in [0.29, 0.717) is 34.8 Å². The van der Waals surface area contributed by atoms with Crippen LogP contribution >= 0.6 is 0 Å². The van der Waals surface area contributed by atoms with Gasteiger partial charge in [-0.25, -0.2) is 4.79 Å². The number of nitro groups is 1. The number of rotatable bonds is 10. The van der Waals surface area contributed by atoms with Crippen molar-refractivity contribution < 1.29 is 24.0 Å². The molecule has 0 amide bonds. The topological polar surface area (TPSA) is 95.7 Å². The highest BCUT2D eigenvalue weighted by atomic mass is 16.6. The minimum absolute atomic E-state index is 0.0793. The smallest absolute Gasteiger partial charge is 0.343 e. The summed E-state index contributed by atoms with van der Waals surface area (Å²) in [4.78, 5) is 35.3. The largest absolute Gasteiger partial charge is 0.494 e. The molecule has 0 N–H and O–H groups in total. The van der Waals surface area contributed by atoms with Crippen LogP contribution in [0.1, 0.15) is 46.0 Å². The third kappa shape index (κ3) is 6.61. The van der Waals surface area contributed by atoms with Crippen molar-refractivity contribution in [3.05, 3.63) is 106 Å². The fraction of sp³-hybridized carbons (Fsp3) is 0.154. The van der Waals surface area contributed by atoms with E-state index in [9.17, 15) is 19.7 Å². The van der Waals surface area contributed by atoms with E-state index in [4.69, 9.17) is 9.47 Å². The molecule has 0 atom stereocenters. The average Bonchev–Trinajstić information content (AvgIpc) is 2.83. The molecule has 0 fully saturated rings. The van der Waals surface area contributed by atoms with E-state index in [1.807, 2.05) is 0 Å². The predicted molar refractivity (Wildman–Crippen MR) is 125 cm³/mol. The molecule has 0 saturated heterocycles. The van der Waals surface area contributed by atoms with Crippen LogP contribution in [0, 0.1) is 10.1 Å². The molecule has 3 aromatic carbocycles. The molecule has 0 radical (unpaired) electrons. The maximum Gasteiger partial charge on any atom is 0.343 e. The molecular weight excluding hydrogens is 422 g/mol. The van der Waals surface area contributed by atoms with Gasteiger partial charge in [-0.05, 0) is 73.2 Å². The predicted octanol–water partition coefficient (Wildman–Crippen LogP) is 5.89. The van der Waals surface area contributed by atoms with Gasteiger partial charge in [-0.1, -0.05) is 25.5 Å². The number of carbonyl (C=O) groups excluding carboxylic acids is 2. The summed E-state index contributed by atoms with van der Waals surface area (Å²) in [7, 11) is 0. The van der Waals surface area contributed by atoms with Crippen molar-refractivity contribution >= 4 is 23.5 Å². The fourth-order valence-corrected chi connectivity index (χ4v) is 2.93. The van der Waals surface area contributed by atoms with Crippen molar-refractivity contribution in [2.45, 2.75) is 19.8 Å². The van der Waals surface area contributed by atoms with Gasteiger partial charge in [-0.2, -0.15) is 0 Å². The molecule has 0 aliphatic carbocycles. The molecule has 0 bridgehead atoms. The second-order valence-electron chi connectivity index (χ2n) is 7.15. The summed E-state index contributed by atoms with van der Waals surface area (Å²) in [5, 5.41) is 11.1. The van der Waals surface area contributed by atoms with Gasteiger partial charge in [0.05, 0.1) is 22.7 Å². The molecule has 0 heterocycles. The summed E-state index contributed by atoms with van der Waals surface area (Å²) in [5.74, 6) is 0.134. The monoisotopic (exact) mass is 445 g/mol. The zero-order valence-electron chi connectivity index (χ0n) is 18.1. The minimum atomic E-state index is -0.523. The summed E-state index contributed by atoms with van der Waals surface area (Å²) in [6.07, 6.45) is 4.68. The molecular formula is C26H23NO6. The van der Waals surface area contributed by atoms with E-state index in [2.05, 4.69) is 6.92 Å². The molecule has 7 heteroatoms. The first-order valence-corrected chi connectivity index (χ1v) is 10.5. The van der Waals surface area contributed by atoms with Gasteiger partial charge >= 0.3 is 5.97 Å². The van der Waals surface area contributed by atoms with E-state index in [1.54, 1.807) is 42.5 Å². The Morgan fingerprint density at radius 3 is 2.21 bits per heavy atom. The van der Waals surface area contributed by atoms with Crippen molar-refractivity contribution in [2.24, 2.45) is 0 Å². The number of unbranched alkanes of at least 4 members (excludes halogenated alkanes) is 1. The lowest BCUT2D eigenvalue weighted by Gasteiger charge is -2.07. The Labute approximate surface area is 191 Å². The number of allylic oxidation sites excluding steroid dienone is 1. The van der Waals surface area contributed by atoms with Gasteiger partial charge in [0.25, 0.3) is 5.69 Å². The summed E-state index contributed by atoms with van der Waals surface area (Å²) in [6, 6.07) is 19.0. The van der Waals surface area contributed by atoms with E-state index in [0.717, 1.165) is 12.8 Å². The van der Waals surface area contributed by atoms with Crippen molar-refractivity contribution in [3.8, 4) is 11.5 Å². The van der Waals surface area contributed by atoms with Gasteiger partial charge in [-0.15, -0.1) is 0 Å². The van der Waals surface area contributed by atoms with Crippen LogP contribution in [0.5, 0.6) is 11.5 Å². The normalized spacial score (nSPS) is 10.7. The Morgan fingerprint density at radius 2 is 1.55 bits per heavy atom. The van der Waals surface area contributed by atoms with Gasteiger partial charge in [-0.3, -0.25) is 14.9 Å². The number of para-hydroxylation sites is 1. The molecule has 33 heavy (non-hydrogen) atoms. The van der Waals surface area contributed by atoms with Crippen LogP contribution < -0.4 is 9.47 Å². The van der Waals surface area contributed by atoms with Crippen molar-refractivity contribution in [1.29, 1.82) is 0 Å². The van der Waals surface area contributed by atoms with Gasteiger partial charge in [0.2, 0.25) is 0 Å². The number of ketones is 1. The summed E-state index contributed by atoms with van der Waals surface area (Å²) in [5.41, 5.74) is 0.996. The maximum absolute atomic E-state index is 12.4. The Morgan fingerprint density at radius 1 is 0.909 bits per heavy atom. The Kier molecular flexibility index (Phi) is 8.07.